The van der Waals surface area contributed by atoms with Crippen molar-refractivity contribution in [3.63, 3.8) is 0 Å². The van der Waals surface area contributed by atoms with Crippen LogP contribution in [0.1, 0.15) is 19.3 Å². The number of anilines is 1. The molecule has 4 nitrogen and oxygen atoms in total. The number of halogens is 1. The van der Waals surface area contributed by atoms with Gasteiger partial charge in [0.25, 0.3) is 0 Å². The molecular formula is C15H21IN4. The Morgan fingerprint density at radius 2 is 2.10 bits per heavy atom. The molecule has 1 aliphatic heterocycles. The summed E-state index contributed by atoms with van der Waals surface area (Å²) in [6, 6.07) is 6.35. The van der Waals surface area contributed by atoms with E-state index in [0.29, 0.717) is 5.95 Å². The maximum Gasteiger partial charge on any atom is 0.201 e. The van der Waals surface area contributed by atoms with Gasteiger partial charge in [-0.15, -0.1) is 0 Å². The van der Waals surface area contributed by atoms with Crippen LogP contribution in [0.3, 0.4) is 0 Å². The second-order valence-corrected chi connectivity index (χ2v) is 7.04. The number of piperidine rings is 1. The van der Waals surface area contributed by atoms with Crippen LogP contribution < -0.4 is 5.73 Å². The fraction of sp³-hybridized carbons (Fsp3) is 0.533. The Bertz CT molecular complexity index is 599. The molecule has 0 amide bonds. The van der Waals surface area contributed by atoms with Crippen molar-refractivity contribution in [2.24, 2.45) is 5.92 Å². The number of aryl methyl sites for hydroxylation is 1. The number of aromatic nitrogens is 2. The summed E-state index contributed by atoms with van der Waals surface area (Å²) in [6.45, 7) is 3.43. The molecule has 1 saturated heterocycles. The molecule has 1 aromatic heterocycles. The van der Waals surface area contributed by atoms with E-state index in [9.17, 15) is 0 Å². The van der Waals surface area contributed by atoms with E-state index in [1.807, 2.05) is 0 Å². The topological polar surface area (TPSA) is 47.1 Å². The van der Waals surface area contributed by atoms with Crippen LogP contribution in [0.15, 0.2) is 18.2 Å². The van der Waals surface area contributed by atoms with Crippen molar-refractivity contribution in [2.75, 3.05) is 25.9 Å². The molecule has 0 atom stereocenters. The smallest absolute Gasteiger partial charge is 0.201 e. The molecule has 2 heterocycles. The fourth-order valence-corrected chi connectivity index (χ4v) is 3.49. The molecule has 3 rings (SSSR count). The summed E-state index contributed by atoms with van der Waals surface area (Å²) in [5.74, 6) is 1.47. The van der Waals surface area contributed by atoms with Gasteiger partial charge < -0.3 is 15.2 Å². The Morgan fingerprint density at radius 1 is 1.35 bits per heavy atom. The molecule has 108 valence electrons. The first-order chi connectivity index (χ1) is 9.63. The number of benzene rings is 1. The van der Waals surface area contributed by atoms with Crippen molar-refractivity contribution in [1.29, 1.82) is 0 Å². The van der Waals surface area contributed by atoms with Gasteiger partial charge in [-0.05, 0) is 86.1 Å². The number of fused-ring (bicyclic) bond motifs is 1. The van der Waals surface area contributed by atoms with Crippen LogP contribution in [-0.4, -0.2) is 34.6 Å². The molecule has 1 fully saturated rings. The van der Waals surface area contributed by atoms with E-state index in [1.54, 1.807) is 0 Å². The van der Waals surface area contributed by atoms with Crippen LogP contribution in [0.25, 0.3) is 11.0 Å². The van der Waals surface area contributed by atoms with Crippen LogP contribution in [0.4, 0.5) is 5.95 Å². The highest BCUT2D eigenvalue weighted by molar-refractivity contribution is 14.1. The number of rotatable bonds is 3. The van der Waals surface area contributed by atoms with Crippen molar-refractivity contribution < 1.29 is 0 Å². The number of imidazole rings is 1. The minimum atomic E-state index is 0.648. The van der Waals surface area contributed by atoms with Gasteiger partial charge in [-0.3, -0.25) is 0 Å². The fourth-order valence-electron chi connectivity index (χ4n) is 3.02. The zero-order valence-electron chi connectivity index (χ0n) is 11.8. The maximum atomic E-state index is 6.08. The average Bonchev–Trinajstić information content (AvgIpc) is 2.73. The van der Waals surface area contributed by atoms with E-state index in [4.69, 9.17) is 5.73 Å². The molecule has 5 heteroatoms. The van der Waals surface area contributed by atoms with E-state index in [1.165, 1.54) is 35.9 Å². The molecule has 0 aliphatic carbocycles. The Balaban J connectivity index is 1.72. The van der Waals surface area contributed by atoms with E-state index >= 15 is 0 Å². The van der Waals surface area contributed by atoms with Gasteiger partial charge in [-0.2, -0.15) is 0 Å². The summed E-state index contributed by atoms with van der Waals surface area (Å²) in [4.78, 5) is 6.89. The molecule has 0 radical (unpaired) electrons. The normalized spacial score (nSPS) is 17.9. The Kier molecular flexibility index (Phi) is 4.16. The molecule has 0 unspecified atom stereocenters. The first kappa shape index (κ1) is 14.1. The summed E-state index contributed by atoms with van der Waals surface area (Å²) in [5.41, 5.74) is 8.26. The molecule has 0 saturated carbocycles. The Hall–Kier alpha value is -0.820. The minimum Gasteiger partial charge on any atom is -0.369 e. The third kappa shape index (κ3) is 2.93. The van der Waals surface area contributed by atoms with Crippen molar-refractivity contribution in [1.82, 2.24) is 14.5 Å². The predicted octanol–water partition coefficient (Wildman–Crippen LogP) is 2.96. The Labute approximate surface area is 133 Å². The maximum absolute atomic E-state index is 6.08. The lowest BCUT2D eigenvalue weighted by atomic mass is 9.94. The first-order valence-electron chi connectivity index (χ1n) is 7.23. The van der Waals surface area contributed by atoms with Gasteiger partial charge in [0.15, 0.2) is 0 Å². The first-order valence-corrected chi connectivity index (χ1v) is 8.31. The summed E-state index contributed by atoms with van der Waals surface area (Å²) >= 11 is 2.31. The molecule has 20 heavy (non-hydrogen) atoms. The monoisotopic (exact) mass is 384 g/mol. The molecule has 1 aliphatic rings. The lowest BCUT2D eigenvalue weighted by Gasteiger charge is -2.29. The van der Waals surface area contributed by atoms with Crippen molar-refractivity contribution >= 4 is 39.6 Å². The van der Waals surface area contributed by atoms with Gasteiger partial charge in [0, 0.05) is 10.1 Å². The van der Waals surface area contributed by atoms with E-state index in [2.05, 4.69) is 62.3 Å². The molecule has 2 aromatic rings. The third-order valence-corrected chi connectivity index (χ3v) is 5.01. The highest BCUT2D eigenvalue weighted by atomic mass is 127. The van der Waals surface area contributed by atoms with Gasteiger partial charge in [0.2, 0.25) is 5.95 Å². The molecule has 2 N–H and O–H groups in total. The third-order valence-electron chi connectivity index (χ3n) is 4.34. The van der Waals surface area contributed by atoms with Crippen LogP contribution in [0.2, 0.25) is 0 Å². The summed E-state index contributed by atoms with van der Waals surface area (Å²) in [7, 11) is 2.21. The molecule has 1 aromatic carbocycles. The van der Waals surface area contributed by atoms with Crippen molar-refractivity contribution in [3.8, 4) is 0 Å². The van der Waals surface area contributed by atoms with Gasteiger partial charge in [-0.25, -0.2) is 4.98 Å². The highest BCUT2D eigenvalue weighted by Crippen LogP contribution is 2.24. The summed E-state index contributed by atoms with van der Waals surface area (Å²) in [6.07, 6.45) is 3.82. The quantitative estimate of drug-likeness (QED) is 0.828. The van der Waals surface area contributed by atoms with Crippen LogP contribution in [-0.2, 0) is 6.54 Å². The van der Waals surface area contributed by atoms with E-state index < -0.39 is 0 Å². The second-order valence-electron chi connectivity index (χ2n) is 5.79. The lowest BCUT2D eigenvalue weighted by Crippen LogP contribution is -2.30. The zero-order valence-corrected chi connectivity index (χ0v) is 14.0. The number of likely N-dealkylation sites (tertiary alicyclic amines) is 1. The SMILES string of the molecule is CN1CCC(CCn2c(N)nc3cc(I)ccc32)CC1. The van der Waals surface area contributed by atoms with Gasteiger partial charge in [0.05, 0.1) is 11.0 Å². The standard InChI is InChI=1S/C15H21IN4/c1-19-7-4-11(5-8-19)6-9-20-14-3-2-12(16)10-13(14)18-15(20)17/h2-3,10-11H,4-9H2,1H3,(H2,17,18). The molecule has 0 spiro atoms. The van der Waals surface area contributed by atoms with Crippen LogP contribution in [0.5, 0.6) is 0 Å². The molecule has 0 bridgehead atoms. The summed E-state index contributed by atoms with van der Waals surface area (Å²) in [5, 5.41) is 0. The van der Waals surface area contributed by atoms with Crippen molar-refractivity contribution in [3.05, 3.63) is 21.8 Å². The number of nitrogens with two attached hydrogens (primary N) is 1. The van der Waals surface area contributed by atoms with Crippen LogP contribution >= 0.6 is 22.6 Å². The highest BCUT2D eigenvalue weighted by Gasteiger charge is 2.17. The minimum absolute atomic E-state index is 0.648. The second kappa shape index (κ2) is 5.89. The van der Waals surface area contributed by atoms with Crippen molar-refractivity contribution in [2.45, 2.75) is 25.8 Å². The number of nitrogen functional groups attached to an aromatic ring is 1. The predicted molar refractivity (Wildman–Crippen MR) is 91.7 cm³/mol. The zero-order chi connectivity index (χ0) is 14.1. The van der Waals surface area contributed by atoms with Gasteiger partial charge in [-0.1, -0.05) is 0 Å². The molecular weight excluding hydrogens is 363 g/mol. The summed E-state index contributed by atoms with van der Waals surface area (Å²) < 4.78 is 3.37. The van der Waals surface area contributed by atoms with E-state index in [-0.39, 0.29) is 0 Å². The average molecular weight is 384 g/mol. The number of nitrogens with zero attached hydrogens (tertiary/aromatic N) is 3. The lowest BCUT2D eigenvalue weighted by molar-refractivity contribution is 0.208. The van der Waals surface area contributed by atoms with E-state index in [0.717, 1.165) is 23.5 Å². The number of hydrogen-bond donors (Lipinski definition) is 1. The number of hydrogen-bond acceptors (Lipinski definition) is 3. The van der Waals surface area contributed by atoms with Gasteiger partial charge >= 0.3 is 0 Å². The largest absolute Gasteiger partial charge is 0.369 e. The van der Waals surface area contributed by atoms with Crippen LogP contribution in [0, 0.1) is 9.49 Å². The Morgan fingerprint density at radius 3 is 2.85 bits per heavy atom. The van der Waals surface area contributed by atoms with Gasteiger partial charge in [0.1, 0.15) is 0 Å².